The number of nitrogens with one attached hydrogen (secondary N) is 7. The zero-order chi connectivity index (χ0) is 82.6. The smallest absolute Gasteiger partial charge is 0.326 e. The van der Waals surface area contributed by atoms with Crippen molar-refractivity contribution in [2.45, 2.75) is 204 Å². The molecule has 614 valence electrons. The molecule has 115 heavy (non-hydrogen) atoms. The summed E-state index contributed by atoms with van der Waals surface area (Å²) in [6, 6.07) is 28.9. The average Bonchev–Trinajstić information content (AvgIpc) is 1.66. The summed E-state index contributed by atoms with van der Waals surface area (Å²) < 4.78 is 47.7. The van der Waals surface area contributed by atoms with Crippen molar-refractivity contribution in [3.8, 4) is 11.5 Å². The minimum absolute atomic E-state index is 0.00399. The van der Waals surface area contributed by atoms with Gasteiger partial charge in [-0.2, -0.15) is 0 Å². The highest BCUT2D eigenvalue weighted by molar-refractivity contribution is 7.93. The van der Waals surface area contributed by atoms with Crippen molar-refractivity contribution in [2.24, 2.45) is 16.7 Å². The molecule has 8 N–H and O–H groups in total. The molecule has 7 aliphatic rings. The summed E-state index contributed by atoms with van der Waals surface area (Å²) in [5.41, 5.74) is 0.984. The van der Waals surface area contributed by atoms with Gasteiger partial charge in [-0.25, -0.2) is 17.9 Å². The van der Waals surface area contributed by atoms with Gasteiger partial charge < -0.3 is 66.3 Å². The van der Waals surface area contributed by atoms with E-state index in [0.29, 0.717) is 65.1 Å². The molecule has 0 radical (unpaired) electrons. The van der Waals surface area contributed by atoms with Gasteiger partial charge in [-0.15, -0.1) is 5.10 Å². The second-order valence-electron chi connectivity index (χ2n) is 33.1. The summed E-state index contributed by atoms with van der Waals surface area (Å²) in [4.78, 5) is 149. The predicted molar refractivity (Wildman–Crippen MR) is 432 cm³/mol. The van der Waals surface area contributed by atoms with Crippen molar-refractivity contribution in [3.63, 3.8) is 0 Å². The van der Waals surface area contributed by atoms with Crippen LogP contribution in [0, 0.1) is 16.7 Å². The Bertz CT molecular complexity index is 4810. The highest BCUT2D eigenvalue weighted by Crippen LogP contribution is 2.35. The highest BCUT2D eigenvalue weighted by Gasteiger charge is 2.49. The Morgan fingerprint density at radius 2 is 1.11 bits per heavy atom. The molecule has 7 heterocycles. The van der Waals surface area contributed by atoms with Crippen molar-refractivity contribution in [2.75, 3.05) is 46.2 Å². The number of benzene rings is 6. The number of carbonyl (C=O) groups is 10. The average molecular weight is 1600 g/mol. The number of carboxylic acid groups (broad SMARTS) is 1. The van der Waals surface area contributed by atoms with Gasteiger partial charge in [0.15, 0.2) is 21.4 Å². The number of Topliss-reactive ketones (excluding diaryl/α,β-unsaturated/α-hetero) is 2. The monoisotopic (exact) mass is 1600 g/mol. The number of nitrogens with zero attached hydrogens (tertiary/aromatic N) is 5. The van der Waals surface area contributed by atoms with Gasteiger partial charge in [0.1, 0.15) is 59.8 Å². The number of carbonyl (C=O) groups excluding carboxylic acids is 9. The number of rotatable bonds is 17. The molecule has 14 rings (SSSR count). The third-order valence-electron chi connectivity index (χ3n) is 22.1. The minimum Gasteiger partial charge on any atom is -0.494 e. The van der Waals surface area contributed by atoms with Crippen LogP contribution in [0.4, 0.5) is 0 Å². The van der Waals surface area contributed by atoms with Gasteiger partial charge in [-0.05, 0) is 145 Å². The van der Waals surface area contributed by atoms with Crippen LogP contribution >= 0.6 is 0 Å². The maximum absolute atomic E-state index is 15.5. The van der Waals surface area contributed by atoms with Crippen LogP contribution in [0.3, 0.4) is 0 Å². The van der Waals surface area contributed by atoms with Crippen LogP contribution in [-0.4, -0.2) is 209 Å². The van der Waals surface area contributed by atoms with Crippen LogP contribution in [0.5, 0.6) is 11.5 Å². The first-order chi connectivity index (χ1) is 54.7. The van der Waals surface area contributed by atoms with Gasteiger partial charge in [0.2, 0.25) is 41.4 Å². The molecular weight excluding hydrogens is 1490 g/mol. The zero-order valence-electron chi connectivity index (χ0n) is 67.0. The van der Waals surface area contributed by atoms with E-state index in [-0.39, 0.29) is 71.4 Å². The number of hydrogen-bond acceptors (Lipinski definition) is 19. The molecule has 12 atom stereocenters. The number of likely N-dealkylation sites (tertiary alicyclic amines) is 2. The van der Waals surface area contributed by atoms with E-state index in [4.69, 9.17) is 14.2 Å². The van der Waals surface area contributed by atoms with E-state index in [0.717, 1.165) is 21.5 Å². The normalized spacial score (nSPS) is 22.5. The van der Waals surface area contributed by atoms with Gasteiger partial charge in [-0.1, -0.05) is 156 Å². The molecule has 0 unspecified atom stereocenters. The fourth-order valence-corrected chi connectivity index (χ4v) is 16.6. The molecule has 1 saturated carbocycles. The Labute approximate surface area is 671 Å². The quantitative estimate of drug-likeness (QED) is 0.0497. The second-order valence-corrected chi connectivity index (χ2v) is 35.4. The molecule has 1 aromatic heterocycles. The van der Waals surface area contributed by atoms with Crippen LogP contribution in [-0.2, 0) is 94.8 Å². The SMILES string of the molecule is CN[C@@H](C)C(=O)N[C@H](C(=O)N1C[C@@H]2C[C@H]1C(=O)C[C@@H](Cc1ccc3ccccc3c1)C(=O)N[C@H](C(=O)CS(=O)(=O)C1CC1)Cc1ccc(cc1)OCc1cn(nn1)[C@H]1C[C@@H](C(=O)N[C@@H](Cc3ccc4ccccc4c3)C(=O)N[C@H](C(=O)O)Cc3ccc(cc3)OCCCCO2)N(C(=O)[C@@H](NC(=O)[C@H](C)NC)C(C)(C)C)C1)C(C)(C)C. The number of ether oxygens (including phenoxy) is 3. The number of sulfone groups is 1. The molecule has 28 nitrogen and oxygen atoms in total. The molecule has 0 spiro atoms. The molecule has 29 heteroatoms. The maximum atomic E-state index is 15.5. The van der Waals surface area contributed by atoms with E-state index in [9.17, 15) is 37.5 Å². The molecule has 7 aromatic rings. The lowest BCUT2D eigenvalue weighted by molar-refractivity contribution is -0.145. The first kappa shape index (κ1) is 85.4. The van der Waals surface area contributed by atoms with Crippen molar-refractivity contribution in [3.05, 3.63) is 168 Å². The van der Waals surface area contributed by atoms with Crippen LogP contribution in [0.2, 0.25) is 0 Å². The van der Waals surface area contributed by atoms with E-state index < -0.39 is 169 Å². The lowest BCUT2D eigenvalue weighted by Gasteiger charge is -2.36. The van der Waals surface area contributed by atoms with E-state index >= 15 is 24.0 Å². The molecule has 6 aromatic carbocycles. The minimum atomic E-state index is -3.91. The molecule has 3 fully saturated rings. The van der Waals surface area contributed by atoms with Crippen LogP contribution in [0.25, 0.3) is 21.5 Å². The first-order valence-electron chi connectivity index (χ1n) is 39.6. The van der Waals surface area contributed by atoms with Crippen molar-refractivity contribution < 1.29 is 75.7 Å². The number of aliphatic carboxylic acids is 1. The van der Waals surface area contributed by atoms with Crippen molar-refractivity contribution in [1.82, 2.24) is 62.0 Å². The van der Waals surface area contributed by atoms with Gasteiger partial charge in [0.25, 0.3) is 0 Å². The predicted octanol–water partition coefficient (Wildman–Crippen LogP) is 6.27. The largest absolute Gasteiger partial charge is 0.494 e. The van der Waals surface area contributed by atoms with Gasteiger partial charge in [0, 0.05) is 57.7 Å². The number of carboxylic acids is 1. The first-order valence-corrected chi connectivity index (χ1v) is 41.3. The fourth-order valence-electron chi connectivity index (χ4n) is 14.9. The summed E-state index contributed by atoms with van der Waals surface area (Å²) in [7, 11) is -0.673. The molecule has 10 bridgehead atoms. The lowest BCUT2D eigenvalue weighted by Crippen LogP contribution is -2.60. The Morgan fingerprint density at radius 1 is 0.591 bits per heavy atom. The summed E-state index contributed by atoms with van der Waals surface area (Å²) in [6.07, 6.45) is 1.91. The molecule has 7 amide bonds. The summed E-state index contributed by atoms with van der Waals surface area (Å²) >= 11 is 0. The van der Waals surface area contributed by atoms with Crippen molar-refractivity contribution in [1.29, 1.82) is 0 Å². The maximum Gasteiger partial charge on any atom is 0.326 e. The molecule has 1 aliphatic carbocycles. The number of hydrogen-bond donors (Lipinski definition) is 8. The Kier molecular flexibility index (Phi) is 27.8. The van der Waals surface area contributed by atoms with E-state index in [1.54, 1.807) is 103 Å². The Balaban J connectivity index is 0.914. The van der Waals surface area contributed by atoms with Crippen LogP contribution in [0.15, 0.2) is 140 Å². The third kappa shape index (κ3) is 22.3. The number of amides is 7. The van der Waals surface area contributed by atoms with Gasteiger partial charge in [0.05, 0.1) is 54.4 Å². The summed E-state index contributed by atoms with van der Waals surface area (Å²) in [5.74, 6) is -7.98. The number of likely N-dealkylation sites (N-methyl/N-ethyl adjacent to an activating group) is 2. The molecule has 6 aliphatic heterocycles. The van der Waals surface area contributed by atoms with E-state index in [2.05, 4.69) is 47.5 Å². The van der Waals surface area contributed by atoms with Crippen molar-refractivity contribution >= 4 is 90.3 Å². The Hall–Kier alpha value is -10.5. The third-order valence-corrected chi connectivity index (χ3v) is 24.3. The lowest BCUT2D eigenvalue weighted by atomic mass is 9.85. The summed E-state index contributed by atoms with van der Waals surface area (Å²) in [5, 5.41) is 42.7. The standard InChI is InChI=1S/C86H108N12O16S/c1-51(87-9)77(101)92-75(85(3,4)5)82(106)96-47-63-44-72(96)81(105)90-69(42-56-22-28-58-18-12-14-20-60(58)38-56)80(104)91-70(84(108)109)41-54-23-29-64(30-24-54)112-35-15-16-36-113-66-45-71(97(48-66)83(107)76(86(6,7)8)93-78(102)52(2)88-10)73(99)43-61(39-55-21-27-57-17-11-13-19-59(57)37-55)79(103)89-68(74(100)50-115(110,111)67-33-34-67)40-53-25-31-65(32-26-53)114-49-62-46-98(63)95-94-62/h11-14,17-32,37-38,46,51-52,61,63,66-72,75-76,87-88H,15-16,33-36,39-45,47-50H2,1-10H3,(H,89,103)(H,90,105)(H,91,104)(H,92,101)(H,93,102)(H,108,109)/t51-,52-,61+,63-,66-,68-,69-,70-,71-,72-,75+,76+/m0/s1. The molecule has 2 saturated heterocycles. The van der Waals surface area contributed by atoms with Gasteiger partial charge >= 0.3 is 5.97 Å². The Morgan fingerprint density at radius 3 is 1.66 bits per heavy atom. The molecular formula is C86H108N12O16S. The fraction of sp³-hybridized carbons (Fsp3) is 0.488. The highest BCUT2D eigenvalue weighted by atomic mass is 32.2. The number of ketones is 2. The summed E-state index contributed by atoms with van der Waals surface area (Å²) in [6.45, 7) is 14.3. The number of fused-ring (bicyclic) bond motifs is 2. The van der Waals surface area contributed by atoms with Crippen LogP contribution in [0.1, 0.15) is 134 Å². The number of aromatic nitrogens is 3. The zero-order valence-corrected chi connectivity index (χ0v) is 67.8. The second kappa shape index (κ2) is 37.4. The van der Waals surface area contributed by atoms with E-state index in [1.807, 2.05) is 106 Å². The van der Waals surface area contributed by atoms with Gasteiger partial charge in [-0.3, -0.25) is 43.2 Å². The van der Waals surface area contributed by atoms with E-state index in [1.165, 1.54) is 14.5 Å². The topological polar surface area (TPSA) is 374 Å². The van der Waals surface area contributed by atoms with Crippen LogP contribution < -0.4 is 46.7 Å².